The molecule has 1 rings (SSSR count). The molecule has 0 bridgehead atoms. The van der Waals surface area contributed by atoms with Crippen molar-refractivity contribution in [2.45, 2.75) is 19.8 Å². The summed E-state index contributed by atoms with van der Waals surface area (Å²) in [7, 11) is 0. The molecule has 0 aromatic heterocycles. The lowest BCUT2D eigenvalue weighted by Crippen LogP contribution is -2.29. The highest BCUT2D eigenvalue weighted by Gasteiger charge is 2.28. The van der Waals surface area contributed by atoms with Gasteiger partial charge in [-0.3, -0.25) is 0 Å². The van der Waals surface area contributed by atoms with E-state index in [1.165, 1.54) is 5.56 Å². The van der Waals surface area contributed by atoms with Crippen molar-refractivity contribution in [1.29, 1.82) is 0 Å². The average Bonchev–Trinajstić information content (AvgIpc) is 2.39. The first-order valence-electron chi connectivity index (χ1n) is 6.00. The SMILES string of the molecule is CCSCCC(CCl)(CCl)Cc1ccccc1. The molecule has 0 aliphatic rings. The van der Waals surface area contributed by atoms with E-state index in [4.69, 9.17) is 23.2 Å². The summed E-state index contributed by atoms with van der Waals surface area (Å²) in [5.74, 6) is 3.57. The summed E-state index contributed by atoms with van der Waals surface area (Å²) < 4.78 is 0. The van der Waals surface area contributed by atoms with Crippen LogP contribution in [0.25, 0.3) is 0 Å². The van der Waals surface area contributed by atoms with Crippen LogP contribution in [-0.2, 0) is 6.42 Å². The van der Waals surface area contributed by atoms with Crippen LogP contribution in [0, 0.1) is 5.41 Å². The Labute approximate surface area is 119 Å². The minimum atomic E-state index is 0.0482. The zero-order chi connectivity index (χ0) is 12.6. The first-order chi connectivity index (χ1) is 8.26. The third-order valence-corrected chi connectivity index (χ3v) is 5.00. The average molecular weight is 291 g/mol. The van der Waals surface area contributed by atoms with Crippen LogP contribution in [0.15, 0.2) is 30.3 Å². The van der Waals surface area contributed by atoms with Gasteiger partial charge in [0.1, 0.15) is 0 Å². The Hall–Kier alpha value is 0.150. The molecule has 0 atom stereocenters. The van der Waals surface area contributed by atoms with Gasteiger partial charge in [-0.25, -0.2) is 0 Å². The fourth-order valence-corrected chi connectivity index (χ4v) is 3.42. The lowest BCUT2D eigenvalue weighted by Gasteiger charge is -2.29. The Morgan fingerprint density at radius 2 is 1.76 bits per heavy atom. The summed E-state index contributed by atoms with van der Waals surface area (Å²) in [4.78, 5) is 0. The Morgan fingerprint density at radius 3 is 2.29 bits per heavy atom. The van der Waals surface area contributed by atoms with Crippen LogP contribution >= 0.6 is 35.0 Å². The molecule has 0 nitrogen and oxygen atoms in total. The lowest BCUT2D eigenvalue weighted by molar-refractivity contribution is 0.365. The maximum atomic E-state index is 6.16. The van der Waals surface area contributed by atoms with E-state index in [0.29, 0.717) is 11.8 Å². The molecule has 96 valence electrons. The number of alkyl halides is 2. The first kappa shape index (κ1) is 15.2. The van der Waals surface area contributed by atoms with Crippen molar-refractivity contribution in [3.05, 3.63) is 35.9 Å². The molecule has 0 radical (unpaired) electrons. The largest absolute Gasteiger partial charge is 0.162 e. The van der Waals surface area contributed by atoms with Crippen LogP contribution < -0.4 is 0 Å². The van der Waals surface area contributed by atoms with Crippen LogP contribution in [-0.4, -0.2) is 23.3 Å². The van der Waals surface area contributed by atoms with E-state index < -0.39 is 0 Å². The van der Waals surface area contributed by atoms with Gasteiger partial charge in [0.05, 0.1) is 0 Å². The lowest BCUT2D eigenvalue weighted by atomic mass is 9.83. The maximum absolute atomic E-state index is 6.16. The zero-order valence-corrected chi connectivity index (χ0v) is 12.6. The number of hydrogen-bond acceptors (Lipinski definition) is 1. The van der Waals surface area contributed by atoms with Crippen LogP contribution in [0.5, 0.6) is 0 Å². The third kappa shape index (κ3) is 5.11. The number of thioether (sulfide) groups is 1. The quantitative estimate of drug-likeness (QED) is 0.488. The zero-order valence-electron chi connectivity index (χ0n) is 10.3. The van der Waals surface area contributed by atoms with Crippen molar-refractivity contribution < 1.29 is 0 Å². The molecule has 0 aliphatic heterocycles. The standard InChI is InChI=1S/C14H20Cl2S/c1-2-17-9-8-14(11-15,12-16)10-13-6-4-3-5-7-13/h3-7H,2,8-12H2,1H3. The Bertz CT molecular complexity index is 296. The minimum absolute atomic E-state index is 0.0482. The molecule has 1 aromatic rings. The number of hydrogen-bond donors (Lipinski definition) is 0. The second-order valence-corrected chi connectivity index (χ2v) is 6.30. The summed E-state index contributed by atoms with van der Waals surface area (Å²) >= 11 is 14.3. The summed E-state index contributed by atoms with van der Waals surface area (Å²) in [5.41, 5.74) is 1.38. The Balaban J connectivity index is 2.63. The molecule has 0 heterocycles. The molecule has 1 aromatic carbocycles. The highest BCUT2D eigenvalue weighted by Crippen LogP contribution is 2.32. The third-order valence-electron chi connectivity index (χ3n) is 2.97. The van der Waals surface area contributed by atoms with E-state index >= 15 is 0 Å². The van der Waals surface area contributed by atoms with Gasteiger partial charge in [-0.2, -0.15) is 11.8 Å². The van der Waals surface area contributed by atoms with E-state index in [9.17, 15) is 0 Å². The van der Waals surface area contributed by atoms with Gasteiger partial charge in [0, 0.05) is 17.2 Å². The highest BCUT2D eigenvalue weighted by atomic mass is 35.5. The summed E-state index contributed by atoms with van der Waals surface area (Å²) in [5, 5.41) is 0. The first-order valence-corrected chi connectivity index (χ1v) is 8.22. The fraction of sp³-hybridized carbons (Fsp3) is 0.571. The van der Waals surface area contributed by atoms with Gasteiger partial charge in [0.15, 0.2) is 0 Å². The van der Waals surface area contributed by atoms with E-state index in [1.54, 1.807) is 0 Å². The van der Waals surface area contributed by atoms with Gasteiger partial charge in [-0.15, -0.1) is 23.2 Å². The van der Waals surface area contributed by atoms with Crippen molar-refractivity contribution >= 4 is 35.0 Å². The van der Waals surface area contributed by atoms with Gasteiger partial charge in [0.25, 0.3) is 0 Å². The molecule has 0 saturated heterocycles. The van der Waals surface area contributed by atoms with Crippen LogP contribution in [0.4, 0.5) is 0 Å². The fourth-order valence-electron chi connectivity index (χ4n) is 1.81. The molecule has 17 heavy (non-hydrogen) atoms. The summed E-state index contributed by atoms with van der Waals surface area (Å²) in [6.45, 7) is 2.19. The van der Waals surface area contributed by atoms with E-state index in [-0.39, 0.29) is 5.41 Å². The van der Waals surface area contributed by atoms with Crippen LogP contribution in [0.1, 0.15) is 18.9 Å². The van der Waals surface area contributed by atoms with Crippen LogP contribution in [0.3, 0.4) is 0 Å². The van der Waals surface area contributed by atoms with E-state index in [2.05, 4.69) is 31.2 Å². The molecule has 0 saturated carbocycles. The van der Waals surface area contributed by atoms with Crippen molar-refractivity contribution in [3.8, 4) is 0 Å². The monoisotopic (exact) mass is 290 g/mol. The second kappa shape index (κ2) is 8.29. The van der Waals surface area contributed by atoms with Gasteiger partial charge >= 0.3 is 0 Å². The molecule has 0 unspecified atom stereocenters. The second-order valence-electron chi connectivity index (χ2n) is 4.38. The van der Waals surface area contributed by atoms with Gasteiger partial charge in [0.2, 0.25) is 0 Å². The van der Waals surface area contributed by atoms with Gasteiger partial charge in [-0.1, -0.05) is 37.3 Å². The number of benzene rings is 1. The van der Waals surface area contributed by atoms with Crippen molar-refractivity contribution in [2.75, 3.05) is 23.3 Å². The molecule has 0 spiro atoms. The Morgan fingerprint density at radius 1 is 1.12 bits per heavy atom. The molecular formula is C14H20Cl2S. The predicted molar refractivity (Wildman–Crippen MR) is 81.6 cm³/mol. The minimum Gasteiger partial charge on any atom is -0.162 e. The highest BCUT2D eigenvalue weighted by molar-refractivity contribution is 7.99. The van der Waals surface area contributed by atoms with E-state index in [1.807, 2.05) is 17.8 Å². The summed E-state index contributed by atoms with van der Waals surface area (Å²) in [6.07, 6.45) is 2.07. The molecule has 0 N–H and O–H groups in total. The topological polar surface area (TPSA) is 0 Å². The van der Waals surface area contributed by atoms with Gasteiger partial charge in [-0.05, 0) is 29.9 Å². The predicted octanol–water partition coefficient (Wildman–Crippen LogP) is 4.84. The molecular weight excluding hydrogens is 271 g/mol. The number of rotatable bonds is 8. The van der Waals surface area contributed by atoms with Crippen molar-refractivity contribution in [1.82, 2.24) is 0 Å². The molecule has 0 fully saturated rings. The van der Waals surface area contributed by atoms with E-state index in [0.717, 1.165) is 24.3 Å². The van der Waals surface area contributed by atoms with Crippen molar-refractivity contribution in [2.24, 2.45) is 5.41 Å². The molecule has 0 amide bonds. The Kier molecular flexibility index (Phi) is 7.41. The van der Waals surface area contributed by atoms with Gasteiger partial charge < -0.3 is 0 Å². The van der Waals surface area contributed by atoms with Crippen LogP contribution in [0.2, 0.25) is 0 Å². The molecule has 3 heteroatoms. The van der Waals surface area contributed by atoms with Crippen molar-refractivity contribution in [3.63, 3.8) is 0 Å². The summed E-state index contributed by atoms with van der Waals surface area (Å²) in [6, 6.07) is 10.5. The molecule has 0 aliphatic carbocycles. The smallest absolute Gasteiger partial charge is 0.0294 e. The number of halogens is 2. The normalized spacial score (nSPS) is 11.7. The maximum Gasteiger partial charge on any atom is 0.0294 e.